The molecule has 0 saturated carbocycles. The first-order valence-corrected chi connectivity index (χ1v) is 4.09. The van der Waals surface area contributed by atoms with Crippen LogP contribution in [0.2, 0.25) is 0 Å². The molecular weight excluding hydrogens is 172 g/mol. The number of imidazole rings is 1. The maximum absolute atomic E-state index is 9.37. The van der Waals surface area contributed by atoms with E-state index in [0.29, 0.717) is 18.9 Å². The maximum atomic E-state index is 9.37. The van der Waals surface area contributed by atoms with Crippen molar-refractivity contribution in [3.8, 4) is 0 Å². The summed E-state index contributed by atoms with van der Waals surface area (Å²) >= 11 is 0. The summed E-state index contributed by atoms with van der Waals surface area (Å²) in [6.45, 7) is 3.06. The normalized spacial score (nSPS) is 10.3. The second kappa shape index (κ2) is 3.99. The molecule has 0 aromatic carbocycles. The molecule has 0 saturated heterocycles. The fraction of sp³-hybridized carbons (Fsp3) is 0.571. The van der Waals surface area contributed by atoms with Gasteiger partial charge >= 0.3 is 0 Å². The highest BCUT2D eigenvalue weighted by atomic mass is 16.5. The number of nitrogens with zero attached hydrogens (tertiary/aromatic N) is 3. The fourth-order valence-corrected chi connectivity index (χ4v) is 1.12. The van der Waals surface area contributed by atoms with E-state index in [2.05, 4.69) is 4.98 Å². The lowest BCUT2D eigenvalue weighted by Gasteiger charge is -2.20. The minimum absolute atomic E-state index is 0.0267. The average Bonchev–Trinajstić information content (AvgIpc) is 2.45. The van der Waals surface area contributed by atoms with Crippen LogP contribution >= 0.6 is 0 Å². The Morgan fingerprint density at radius 1 is 1.69 bits per heavy atom. The minimum Gasteiger partial charge on any atom is -0.423 e. The molecule has 6 nitrogen and oxygen atoms in total. The van der Waals surface area contributed by atoms with Gasteiger partial charge in [0.15, 0.2) is 5.82 Å². The quantitative estimate of drug-likeness (QED) is 0.553. The SMILES string of the molecule is CCN(CCO)c1cnc(N)n1O. The Labute approximate surface area is 76.2 Å². The third-order valence-corrected chi connectivity index (χ3v) is 1.82. The summed E-state index contributed by atoms with van der Waals surface area (Å²) in [7, 11) is 0. The number of hydrogen-bond acceptors (Lipinski definition) is 5. The van der Waals surface area contributed by atoms with E-state index in [1.165, 1.54) is 6.20 Å². The summed E-state index contributed by atoms with van der Waals surface area (Å²) in [5.74, 6) is 0.542. The van der Waals surface area contributed by atoms with Crippen molar-refractivity contribution in [3.05, 3.63) is 6.20 Å². The first-order chi connectivity index (χ1) is 6.20. The number of hydrogen-bond donors (Lipinski definition) is 3. The second-order valence-electron chi connectivity index (χ2n) is 2.59. The molecule has 0 aliphatic heterocycles. The van der Waals surface area contributed by atoms with E-state index in [1.54, 1.807) is 4.90 Å². The Morgan fingerprint density at radius 2 is 2.38 bits per heavy atom. The van der Waals surface area contributed by atoms with E-state index in [9.17, 15) is 5.21 Å². The molecule has 1 aromatic rings. The highest BCUT2D eigenvalue weighted by Crippen LogP contribution is 2.14. The number of nitrogens with two attached hydrogens (primary N) is 1. The van der Waals surface area contributed by atoms with Crippen LogP contribution in [0.1, 0.15) is 6.92 Å². The Bertz CT molecular complexity index is 273. The predicted molar refractivity (Wildman–Crippen MR) is 48.8 cm³/mol. The van der Waals surface area contributed by atoms with Gasteiger partial charge in [0, 0.05) is 13.1 Å². The number of rotatable bonds is 4. The van der Waals surface area contributed by atoms with Crippen LogP contribution in [-0.2, 0) is 0 Å². The number of aliphatic hydroxyl groups is 1. The van der Waals surface area contributed by atoms with Crippen molar-refractivity contribution in [2.45, 2.75) is 6.92 Å². The third kappa shape index (κ3) is 1.83. The van der Waals surface area contributed by atoms with Crippen LogP contribution in [0.25, 0.3) is 0 Å². The Balaban J connectivity index is 2.84. The number of aromatic nitrogens is 2. The Kier molecular flexibility index (Phi) is 2.97. The van der Waals surface area contributed by atoms with E-state index in [4.69, 9.17) is 10.8 Å². The first-order valence-electron chi connectivity index (χ1n) is 4.09. The highest BCUT2D eigenvalue weighted by molar-refractivity contribution is 5.42. The molecule has 0 aliphatic carbocycles. The second-order valence-corrected chi connectivity index (χ2v) is 2.59. The lowest BCUT2D eigenvalue weighted by molar-refractivity contribution is 0.193. The molecule has 0 amide bonds. The summed E-state index contributed by atoms with van der Waals surface area (Å²) in [4.78, 5) is 5.50. The fourth-order valence-electron chi connectivity index (χ4n) is 1.12. The van der Waals surface area contributed by atoms with Crippen LogP contribution in [0.3, 0.4) is 0 Å². The maximum Gasteiger partial charge on any atom is 0.236 e. The number of likely N-dealkylation sites (N-methyl/N-ethyl adjacent to an activating group) is 1. The van der Waals surface area contributed by atoms with E-state index >= 15 is 0 Å². The van der Waals surface area contributed by atoms with Crippen molar-refractivity contribution in [1.82, 2.24) is 9.71 Å². The van der Waals surface area contributed by atoms with E-state index < -0.39 is 0 Å². The van der Waals surface area contributed by atoms with Crippen LogP contribution in [0.5, 0.6) is 0 Å². The van der Waals surface area contributed by atoms with Gasteiger partial charge < -0.3 is 20.9 Å². The molecule has 74 valence electrons. The van der Waals surface area contributed by atoms with Crippen molar-refractivity contribution in [2.75, 3.05) is 30.3 Å². The molecule has 0 bridgehead atoms. The molecule has 6 heteroatoms. The first kappa shape index (κ1) is 9.66. The molecule has 4 N–H and O–H groups in total. The topological polar surface area (TPSA) is 87.5 Å². The smallest absolute Gasteiger partial charge is 0.236 e. The molecule has 0 unspecified atom stereocenters. The average molecular weight is 186 g/mol. The van der Waals surface area contributed by atoms with Crippen molar-refractivity contribution in [1.29, 1.82) is 0 Å². The number of nitrogen functional groups attached to an aromatic ring is 1. The van der Waals surface area contributed by atoms with Gasteiger partial charge in [-0.05, 0) is 6.92 Å². The lowest BCUT2D eigenvalue weighted by Crippen LogP contribution is -2.28. The molecule has 0 radical (unpaired) electrons. The minimum atomic E-state index is 0.0267. The summed E-state index contributed by atoms with van der Waals surface area (Å²) in [6.07, 6.45) is 1.47. The molecular formula is C7H14N4O2. The van der Waals surface area contributed by atoms with Gasteiger partial charge in [-0.15, -0.1) is 4.73 Å². The molecule has 0 atom stereocenters. The van der Waals surface area contributed by atoms with E-state index in [1.807, 2.05) is 6.92 Å². The predicted octanol–water partition coefficient (Wildman–Crippen LogP) is -0.479. The Hall–Kier alpha value is -1.43. The van der Waals surface area contributed by atoms with Crippen molar-refractivity contribution >= 4 is 11.8 Å². The van der Waals surface area contributed by atoms with Crippen LogP contribution in [0.15, 0.2) is 6.20 Å². The van der Waals surface area contributed by atoms with Gasteiger partial charge in [-0.1, -0.05) is 0 Å². The molecule has 0 fully saturated rings. The monoisotopic (exact) mass is 186 g/mol. The molecule has 0 spiro atoms. The van der Waals surface area contributed by atoms with Gasteiger partial charge in [0.25, 0.3) is 0 Å². The molecule has 1 aromatic heterocycles. The third-order valence-electron chi connectivity index (χ3n) is 1.82. The largest absolute Gasteiger partial charge is 0.423 e. The number of aliphatic hydroxyl groups excluding tert-OH is 1. The number of anilines is 2. The molecule has 1 heterocycles. The Morgan fingerprint density at radius 3 is 2.77 bits per heavy atom. The zero-order valence-corrected chi connectivity index (χ0v) is 7.51. The van der Waals surface area contributed by atoms with Gasteiger partial charge in [-0.2, -0.15) is 0 Å². The van der Waals surface area contributed by atoms with Gasteiger partial charge in [0.1, 0.15) is 0 Å². The standard InChI is InChI=1S/C7H14N4O2/c1-2-10(3-4-12)6-5-9-7(8)11(6)13/h5,12-13H,2-4H2,1H3,(H2,8,9). The van der Waals surface area contributed by atoms with Crippen LogP contribution in [0.4, 0.5) is 11.8 Å². The zero-order chi connectivity index (χ0) is 9.84. The van der Waals surface area contributed by atoms with Crippen LogP contribution in [-0.4, -0.2) is 39.7 Å². The van der Waals surface area contributed by atoms with E-state index in [-0.39, 0.29) is 12.6 Å². The summed E-state index contributed by atoms with van der Waals surface area (Å²) < 4.78 is 0.805. The zero-order valence-electron chi connectivity index (χ0n) is 7.51. The summed E-state index contributed by atoms with van der Waals surface area (Å²) in [5.41, 5.74) is 5.34. The highest BCUT2D eigenvalue weighted by Gasteiger charge is 2.11. The molecule has 13 heavy (non-hydrogen) atoms. The van der Waals surface area contributed by atoms with Crippen molar-refractivity contribution in [2.24, 2.45) is 0 Å². The van der Waals surface area contributed by atoms with Gasteiger partial charge in [0.2, 0.25) is 5.95 Å². The van der Waals surface area contributed by atoms with Crippen LogP contribution < -0.4 is 10.6 Å². The summed E-state index contributed by atoms with van der Waals surface area (Å²) in [6, 6.07) is 0. The molecule has 1 rings (SSSR count). The van der Waals surface area contributed by atoms with Crippen molar-refractivity contribution in [3.63, 3.8) is 0 Å². The van der Waals surface area contributed by atoms with Gasteiger partial charge in [0.05, 0.1) is 12.8 Å². The summed E-state index contributed by atoms with van der Waals surface area (Å²) in [5, 5.41) is 18.1. The van der Waals surface area contributed by atoms with Gasteiger partial charge in [-0.25, -0.2) is 4.98 Å². The molecule has 0 aliphatic rings. The van der Waals surface area contributed by atoms with Crippen molar-refractivity contribution < 1.29 is 10.3 Å². The van der Waals surface area contributed by atoms with Crippen LogP contribution in [0, 0.1) is 0 Å². The van der Waals surface area contributed by atoms with Gasteiger partial charge in [-0.3, -0.25) is 0 Å². The lowest BCUT2D eigenvalue weighted by atomic mass is 10.5. The van der Waals surface area contributed by atoms with E-state index in [0.717, 1.165) is 4.73 Å².